The minimum Gasteiger partial charge on any atom is -0.399 e. The van der Waals surface area contributed by atoms with Crippen molar-refractivity contribution in [2.75, 3.05) is 19.8 Å². The van der Waals surface area contributed by atoms with E-state index < -0.39 is 0 Å². The number of nitrogens with zero attached hydrogens (tertiary/aromatic N) is 2. The first-order chi connectivity index (χ1) is 6.69. The predicted molar refractivity (Wildman–Crippen MR) is 61.3 cm³/mol. The molecule has 1 rings (SSSR count). The van der Waals surface area contributed by atoms with E-state index in [1.54, 1.807) is 13.2 Å². The molecule has 0 spiro atoms. The van der Waals surface area contributed by atoms with E-state index in [-0.39, 0.29) is 0 Å². The van der Waals surface area contributed by atoms with E-state index in [1.807, 2.05) is 36.2 Å². The van der Waals surface area contributed by atoms with Gasteiger partial charge in [-0.25, -0.2) is 0 Å². The summed E-state index contributed by atoms with van der Waals surface area (Å²) >= 11 is 0. The number of hydrogen-bond acceptors (Lipinski definition) is 2. The second-order valence-electron chi connectivity index (χ2n) is 2.96. The van der Waals surface area contributed by atoms with Crippen molar-refractivity contribution < 1.29 is 0 Å². The molecule has 0 aliphatic carbocycles. The number of nitrogens with two attached hydrogens (primary N) is 1. The zero-order valence-electron chi connectivity index (χ0n) is 8.57. The largest absolute Gasteiger partial charge is 0.399 e. The molecule has 1 aromatic rings. The van der Waals surface area contributed by atoms with Gasteiger partial charge in [0.25, 0.3) is 0 Å². The Morgan fingerprint density at radius 2 is 2.00 bits per heavy atom. The van der Waals surface area contributed by atoms with E-state index in [0.29, 0.717) is 0 Å². The summed E-state index contributed by atoms with van der Waals surface area (Å²) < 4.78 is 0. The molecule has 0 saturated heterocycles. The number of hydrogen-bond donors (Lipinski definition) is 1. The van der Waals surface area contributed by atoms with Gasteiger partial charge in [0, 0.05) is 25.3 Å². The van der Waals surface area contributed by atoms with Crippen LogP contribution in [0.3, 0.4) is 0 Å². The maximum Gasteiger partial charge on any atom is 0.134 e. The highest BCUT2D eigenvalue weighted by molar-refractivity contribution is 5.99. The van der Waals surface area contributed by atoms with Gasteiger partial charge in [-0.2, -0.15) is 0 Å². The molecule has 0 heterocycles. The van der Waals surface area contributed by atoms with Gasteiger partial charge in [0.05, 0.1) is 0 Å². The molecule has 3 heteroatoms. The highest BCUT2D eigenvalue weighted by atomic mass is 15.1. The lowest BCUT2D eigenvalue weighted by Gasteiger charge is -2.16. The molecule has 0 unspecified atom stereocenters. The molecule has 0 saturated carbocycles. The Morgan fingerprint density at radius 3 is 2.43 bits per heavy atom. The predicted octanol–water partition coefficient (Wildman–Crippen LogP) is 1.72. The molecule has 0 amide bonds. The third-order valence-corrected chi connectivity index (χ3v) is 1.99. The molecule has 0 radical (unpaired) electrons. The molecule has 0 aromatic heterocycles. The second-order valence-corrected chi connectivity index (χ2v) is 2.96. The number of benzene rings is 1. The van der Waals surface area contributed by atoms with E-state index in [4.69, 9.17) is 5.73 Å². The molecule has 2 N–H and O–H groups in total. The van der Waals surface area contributed by atoms with Gasteiger partial charge in [0.2, 0.25) is 0 Å². The summed E-state index contributed by atoms with van der Waals surface area (Å²) in [6, 6.07) is 7.60. The Balaban J connectivity index is 3.02. The number of amidine groups is 1. The first kappa shape index (κ1) is 10.3. The summed E-state index contributed by atoms with van der Waals surface area (Å²) in [7, 11) is 3.66. The Labute approximate surface area is 84.6 Å². The third kappa shape index (κ3) is 2.13. The van der Waals surface area contributed by atoms with Crippen LogP contribution < -0.4 is 5.73 Å². The van der Waals surface area contributed by atoms with Crippen molar-refractivity contribution in [2.24, 2.45) is 4.99 Å². The lowest BCUT2D eigenvalue weighted by Crippen LogP contribution is -2.21. The van der Waals surface area contributed by atoms with Gasteiger partial charge in [-0.3, -0.25) is 4.99 Å². The summed E-state index contributed by atoms with van der Waals surface area (Å²) in [6.45, 7) is 3.69. The van der Waals surface area contributed by atoms with Gasteiger partial charge >= 0.3 is 0 Å². The van der Waals surface area contributed by atoms with Crippen molar-refractivity contribution in [3.63, 3.8) is 0 Å². The molecular weight excluding hydrogens is 174 g/mol. The van der Waals surface area contributed by atoms with Crippen LogP contribution >= 0.6 is 0 Å². The molecule has 1 aromatic carbocycles. The zero-order valence-corrected chi connectivity index (χ0v) is 8.57. The van der Waals surface area contributed by atoms with Crippen LogP contribution in [0.1, 0.15) is 5.56 Å². The fourth-order valence-electron chi connectivity index (χ4n) is 1.21. The van der Waals surface area contributed by atoms with Gasteiger partial charge in [0.1, 0.15) is 5.84 Å². The Hall–Kier alpha value is -1.77. The monoisotopic (exact) mass is 189 g/mol. The molecule has 0 aliphatic rings. The first-order valence-corrected chi connectivity index (χ1v) is 4.37. The molecule has 0 atom stereocenters. The Kier molecular flexibility index (Phi) is 3.29. The molecular formula is C11H15N3. The van der Waals surface area contributed by atoms with E-state index in [2.05, 4.69) is 11.6 Å². The topological polar surface area (TPSA) is 41.6 Å². The van der Waals surface area contributed by atoms with Crippen LogP contribution in [0.5, 0.6) is 0 Å². The quantitative estimate of drug-likeness (QED) is 0.437. The van der Waals surface area contributed by atoms with Crippen LogP contribution in [-0.4, -0.2) is 24.8 Å². The molecule has 0 aliphatic heterocycles. The van der Waals surface area contributed by atoms with Crippen molar-refractivity contribution in [3.05, 3.63) is 42.6 Å². The normalized spacial score (nSPS) is 11.1. The smallest absolute Gasteiger partial charge is 0.134 e. The first-order valence-electron chi connectivity index (χ1n) is 4.37. The van der Waals surface area contributed by atoms with Gasteiger partial charge < -0.3 is 10.6 Å². The minimum absolute atomic E-state index is 0.755. The SMILES string of the molecule is C=CN(C)/C(=N\C)c1ccc(N)cc1. The fourth-order valence-corrected chi connectivity index (χ4v) is 1.21. The summed E-state index contributed by atoms with van der Waals surface area (Å²) in [5, 5.41) is 0. The van der Waals surface area contributed by atoms with Crippen LogP contribution in [-0.2, 0) is 0 Å². The van der Waals surface area contributed by atoms with Crippen LogP contribution in [0.4, 0.5) is 5.69 Å². The van der Waals surface area contributed by atoms with Gasteiger partial charge in [0.15, 0.2) is 0 Å². The number of aliphatic imine (C=N–C) groups is 1. The van der Waals surface area contributed by atoms with Crippen molar-refractivity contribution >= 4 is 11.5 Å². The molecule has 0 fully saturated rings. The van der Waals surface area contributed by atoms with Crippen molar-refractivity contribution in [1.29, 1.82) is 0 Å². The van der Waals surface area contributed by atoms with E-state index in [1.165, 1.54) is 0 Å². The highest BCUT2D eigenvalue weighted by Gasteiger charge is 2.04. The molecule has 0 bridgehead atoms. The maximum absolute atomic E-state index is 5.60. The van der Waals surface area contributed by atoms with E-state index in [9.17, 15) is 0 Å². The second kappa shape index (κ2) is 4.46. The number of rotatable bonds is 2. The van der Waals surface area contributed by atoms with Crippen molar-refractivity contribution in [1.82, 2.24) is 4.90 Å². The van der Waals surface area contributed by atoms with E-state index in [0.717, 1.165) is 17.1 Å². The van der Waals surface area contributed by atoms with Crippen LogP contribution in [0.2, 0.25) is 0 Å². The van der Waals surface area contributed by atoms with Crippen molar-refractivity contribution in [2.45, 2.75) is 0 Å². The van der Waals surface area contributed by atoms with Gasteiger partial charge in [-0.15, -0.1) is 0 Å². The summed E-state index contributed by atoms with van der Waals surface area (Å²) in [4.78, 5) is 6.06. The molecule has 74 valence electrons. The maximum atomic E-state index is 5.60. The molecule has 3 nitrogen and oxygen atoms in total. The summed E-state index contributed by atoms with van der Waals surface area (Å²) in [6.07, 6.45) is 1.72. The fraction of sp³-hybridized carbons (Fsp3) is 0.182. The average Bonchev–Trinajstić information content (AvgIpc) is 2.21. The highest BCUT2D eigenvalue weighted by Crippen LogP contribution is 2.08. The standard InChI is InChI=1S/C11H15N3/c1-4-14(3)11(13-2)9-5-7-10(12)8-6-9/h4-8H,1,12H2,2-3H3/b13-11-. The van der Waals surface area contributed by atoms with Crippen LogP contribution in [0.15, 0.2) is 42.0 Å². The number of anilines is 1. The Bertz CT molecular complexity index is 338. The summed E-state index contributed by atoms with van der Waals surface area (Å²) in [5.41, 5.74) is 7.39. The lowest BCUT2D eigenvalue weighted by molar-refractivity contribution is 0.690. The average molecular weight is 189 g/mol. The third-order valence-electron chi connectivity index (χ3n) is 1.99. The lowest BCUT2D eigenvalue weighted by atomic mass is 10.2. The van der Waals surface area contributed by atoms with Crippen LogP contribution in [0.25, 0.3) is 0 Å². The number of nitrogen functional groups attached to an aromatic ring is 1. The molecule has 14 heavy (non-hydrogen) atoms. The van der Waals surface area contributed by atoms with E-state index >= 15 is 0 Å². The summed E-state index contributed by atoms with van der Waals surface area (Å²) in [5.74, 6) is 0.875. The van der Waals surface area contributed by atoms with Crippen molar-refractivity contribution in [3.8, 4) is 0 Å². The van der Waals surface area contributed by atoms with Crippen LogP contribution in [0, 0.1) is 0 Å². The van der Waals surface area contributed by atoms with Gasteiger partial charge in [-0.1, -0.05) is 6.58 Å². The minimum atomic E-state index is 0.755. The van der Waals surface area contributed by atoms with Gasteiger partial charge in [-0.05, 0) is 30.5 Å². The Morgan fingerprint density at radius 1 is 1.43 bits per heavy atom. The zero-order chi connectivity index (χ0) is 10.6.